The van der Waals surface area contributed by atoms with Gasteiger partial charge in [-0.25, -0.2) is 0 Å². The zero-order valence-electron chi connectivity index (χ0n) is 12.2. The molecule has 4 heteroatoms. The molecule has 0 radical (unpaired) electrons. The number of amides is 1. The number of nitrogens with zero attached hydrogens (tertiary/aromatic N) is 1. The van der Waals surface area contributed by atoms with Gasteiger partial charge in [0, 0.05) is 17.8 Å². The lowest BCUT2D eigenvalue weighted by Gasteiger charge is -2.29. The van der Waals surface area contributed by atoms with Crippen molar-refractivity contribution in [2.24, 2.45) is 5.92 Å². The first kappa shape index (κ1) is 15.8. The van der Waals surface area contributed by atoms with Crippen LogP contribution in [0.1, 0.15) is 40.5 Å². The minimum atomic E-state index is 0.308. The maximum Gasteiger partial charge on any atom is 0.232 e. The Morgan fingerprint density at radius 3 is 2.39 bits per heavy atom. The van der Waals surface area contributed by atoms with Crippen LogP contribution in [0.3, 0.4) is 0 Å². The van der Waals surface area contributed by atoms with Gasteiger partial charge in [-0.2, -0.15) is 0 Å². The smallest absolute Gasteiger partial charge is 0.232 e. The average Bonchev–Trinajstić information content (AvgIpc) is 2.34. The van der Waals surface area contributed by atoms with Crippen molar-refractivity contribution >= 4 is 17.7 Å². The Morgan fingerprint density at radius 2 is 1.89 bits per heavy atom. The molecular formula is C14H28N2OS. The number of carbonyl (C=O) groups is 1. The number of rotatable bonds is 6. The summed E-state index contributed by atoms with van der Waals surface area (Å²) in [6, 6.07) is 0.313. The lowest BCUT2D eigenvalue weighted by molar-refractivity contribution is -0.130. The van der Waals surface area contributed by atoms with Gasteiger partial charge in [-0.3, -0.25) is 4.79 Å². The van der Waals surface area contributed by atoms with Crippen molar-refractivity contribution in [3.8, 4) is 0 Å². The van der Waals surface area contributed by atoms with Gasteiger partial charge in [0.25, 0.3) is 0 Å². The van der Waals surface area contributed by atoms with Crippen LogP contribution < -0.4 is 5.32 Å². The van der Waals surface area contributed by atoms with Crippen LogP contribution in [0.4, 0.5) is 0 Å². The van der Waals surface area contributed by atoms with Crippen molar-refractivity contribution in [1.29, 1.82) is 0 Å². The number of hydrogen-bond donors (Lipinski definition) is 1. The van der Waals surface area contributed by atoms with Gasteiger partial charge in [-0.1, -0.05) is 13.8 Å². The van der Waals surface area contributed by atoms with Gasteiger partial charge in [0.1, 0.15) is 0 Å². The monoisotopic (exact) mass is 272 g/mol. The lowest BCUT2D eigenvalue weighted by atomic mass is 10.2. The van der Waals surface area contributed by atoms with E-state index < -0.39 is 0 Å². The first-order valence-corrected chi connectivity index (χ1v) is 8.17. The summed E-state index contributed by atoms with van der Waals surface area (Å²) in [4.78, 5) is 14.3. The van der Waals surface area contributed by atoms with Crippen LogP contribution >= 0.6 is 11.8 Å². The van der Waals surface area contributed by atoms with Crippen LogP contribution in [0.25, 0.3) is 0 Å². The highest BCUT2D eigenvalue weighted by Gasteiger charge is 2.20. The van der Waals surface area contributed by atoms with Crippen molar-refractivity contribution in [2.75, 3.05) is 25.4 Å². The molecule has 0 spiro atoms. The zero-order valence-corrected chi connectivity index (χ0v) is 13.1. The highest BCUT2D eigenvalue weighted by atomic mass is 32.2. The lowest BCUT2D eigenvalue weighted by Crippen LogP contribution is -2.41. The maximum absolute atomic E-state index is 12.3. The van der Waals surface area contributed by atoms with Gasteiger partial charge >= 0.3 is 0 Å². The standard InChI is InChI=1S/C14H28N2OS/c1-11(2)9-16(12(3)4)14(17)10-18-13-5-7-15-8-6-13/h11-13,15H,5-10H2,1-4H3. The van der Waals surface area contributed by atoms with Crippen molar-refractivity contribution in [3.63, 3.8) is 0 Å². The second kappa shape index (κ2) is 8.05. The van der Waals surface area contributed by atoms with Crippen molar-refractivity contribution in [2.45, 2.75) is 51.8 Å². The summed E-state index contributed by atoms with van der Waals surface area (Å²) >= 11 is 1.85. The third-order valence-corrected chi connectivity index (χ3v) is 4.59. The van der Waals surface area contributed by atoms with Gasteiger partial charge in [0.2, 0.25) is 5.91 Å². The third kappa shape index (κ3) is 5.61. The van der Waals surface area contributed by atoms with Crippen LogP contribution in [-0.4, -0.2) is 47.5 Å². The molecule has 1 saturated heterocycles. The molecule has 1 fully saturated rings. The summed E-state index contributed by atoms with van der Waals surface area (Å²) < 4.78 is 0. The minimum Gasteiger partial charge on any atom is -0.339 e. The molecule has 1 aliphatic heterocycles. The summed E-state index contributed by atoms with van der Waals surface area (Å²) in [5, 5.41) is 4.03. The number of thioether (sulfide) groups is 1. The van der Waals surface area contributed by atoms with Gasteiger partial charge in [-0.05, 0) is 45.7 Å². The highest BCUT2D eigenvalue weighted by Crippen LogP contribution is 2.21. The van der Waals surface area contributed by atoms with E-state index in [1.165, 1.54) is 12.8 Å². The Kier molecular flexibility index (Phi) is 7.08. The molecule has 1 heterocycles. The molecule has 0 aromatic rings. The van der Waals surface area contributed by atoms with Crippen molar-refractivity contribution in [1.82, 2.24) is 10.2 Å². The van der Waals surface area contributed by atoms with Crippen molar-refractivity contribution < 1.29 is 4.79 Å². The Bertz CT molecular complexity index is 250. The summed E-state index contributed by atoms with van der Waals surface area (Å²) in [7, 11) is 0. The summed E-state index contributed by atoms with van der Waals surface area (Å²) in [6.07, 6.45) is 2.40. The van der Waals surface area contributed by atoms with Gasteiger partial charge in [0.15, 0.2) is 0 Å². The summed E-state index contributed by atoms with van der Waals surface area (Å²) in [5.74, 6) is 1.50. The van der Waals surface area contributed by atoms with Crippen LogP contribution in [0, 0.1) is 5.92 Å². The number of hydrogen-bond acceptors (Lipinski definition) is 3. The molecule has 106 valence electrons. The van der Waals surface area contributed by atoms with E-state index >= 15 is 0 Å². The Labute approximate surface area is 116 Å². The van der Waals surface area contributed by atoms with Gasteiger partial charge in [0.05, 0.1) is 5.75 Å². The van der Waals surface area contributed by atoms with E-state index in [9.17, 15) is 4.79 Å². The Morgan fingerprint density at radius 1 is 1.28 bits per heavy atom. The number of nitrogens with one attached hydrogen (secondary N) is 1. The third-order valence-electron chi connectivity index (χ3n) is 3.23. The molecule has 18 heavy (non-hydrogen) atoms. The topological polar surface area (TPSA) is 32.3 Å². The van der Waals surface area contributed by atoms with E-state index in [2.05, 4.69) is 33.0 Å². The maximum atomic E-state index is 12.3. The molecule has 0 saturated carbocycles. The van der Waals surface area contributed by atoms with E-state index in [1.807, 2.05) is 16.7 Å². The fourth-order valence-electron chi connectivity index (χ4n) is 2.23. The summed E-state index contributed by atoms with van der Waals surface area (Å²) in [5.41, 5.74) is 0. The van der Waals surface area contributed by atoms with Crippen LogP contribution in [0.15, 0.2) is 0 Å². The zero-order chi connectivity index (χ0) is 13.5. The normalized spacial score (nSPS) is 17.4. The van der Waals surface area contributed by atoms with E-state index in [1.54, 1.807) is 0 Å². The molecule has 1 aliphatic rings. The predicted octanol–water partition coefficient (Wildman–Crippen LogP) is 2.36. The van der Waals surface area contributed by atoms with Crippen molar-refractivity contribution in [3.05, 3.63) is 0 Å². The van der Waals surface area contributed by atoms with Gasteiger partial charge < -0.3 is 10.2 Å². The summed E-state index contributed by atoms with van der Waals surface area (Å²) in [6.45, 7) is 11.6. The quantitative estimate of drug-likeness (QED) is 0.805. The molecule has 0 atom stereocenters. The van der Waals surface area contributed by atoms with E-state index in [0.29, 0.717) is 28.9 Å². The SMILES string of the molecule is CC(C)CN(C(=O)CSC1CCNCC1)C(C)C. The van der Waals surface area contributed by atoms with Crippen LogP contribution in [0.5, 0.6) is 0 Å². The molecule has 0 aliphatic carbocycles. The molecule has 0 aromatic heterocycles. The predicted molar refractivity (Wildman–Crippen MR) is 80.0 cm³/mol. The molecule has 0 bridgehead atoms. The second-order valence-electron chi connectivity index (χ2n) is 5.79. The molecule has 3 nitrogen and oxygen atoms in total. The fraction of sp³-hybridized carbons (Fsp3) is 0.929. The molecule has 1 N–H and O–H groups in total. The molecule has 1 amide bonds. The van der Waals surface area contributed by atoms with E-state index in [4.69, 9.17) is 0 Å². The van der Waals surface area contributed by atoms with Gasteiger partial charge in [-0.15, -0.1) is 11.8 Å². The first-order valence-electron chi connectivity index (χ1n) is 7.12. The molecular weight excluding hydrogens is 244 g/mol. The minimum absolute atomic E-state index is 0.308. The fourth-order valence-corrected chi connectivity index (χ4v) is 3.34. The molecule has 0 aromatic carbocycles. The largest absolute Gasteiger partial charge is 0.339 e. The molecule has 1 rings (SSSR count). The first-order chi connectivity index (χ1) is 8.50. The number of piperidine rings is 1. The average molecular weight is 272 g/mol. The number of carbonyl (C=O) groups excluding carboxylic acids is 1. The van der Waals surface area contributed by atoms with E-state index in [-0.39, 0.29) is 0 Å². The van der Waals surface area contributed by atoms with E-state index in [0.717, 1.165) is 19.6 Å². The van der Waals surface area contributed by atoms with Crippen LogP contribution in [0.2, 0.25) is 0 Å². The molecule has 0 unspecified atom stereocenters. The Balaban J connectivity index is 2.35. The second-order valence-corrected chi connectivity index (χ2v) is 7.08. The highest BCUT2D eigenvalue weighted by molar-refractivity contribution is 8.00. The van der Waals surface area contributed by atoms with Crippen LogP contribution in [-0.2, 0) is 4.79 Å². The Hall–Kier alpha value is -0.220.